The molecule has 2 aromatic rings. The van der Waals surface area contributed by atoms with Crippen LogP contribution in [0.5, 0.6) is 11.5 Å². The van der Waals surface area contributed by atoms with Crippen molar-refractivity contribution in [3.05, 3.63) is 53.1 Å². The van der Waals surface area contributed by atoms with E-state index in [9.17, 15) is 4.79 Å². The fourth-order valence-electron chi connectivity index (χ4n) is 3.89. The van der Waals surface area contributed by atoms with Crippen molar-refractivity contribution in [3.8, 4) is 11.5 Å². The summed E-state index contributed by atoms with van der Waals surface area (Å²) < 4.78 is 10.7. The molecule has 1 amide bonds. The summed E-state index contributed by atoms with van der Waals surface area (Å²) in [6.45, 7) is 6.64. The fraction of sp³-hybridized carbons (Fsp3) is 0.435. The number of aryl methyl sites for hydroxylation is 2. The number of carbonyl (C=O) groups excluding carboxylic acids is 1. The van der Waals surface area contributed by atoms with Gasteiger partial charge in [-0.1, -0.05) is 24.3 Å². The van der Waals surface area contributed by atoms with Crippen molar-refractivity contribution in [1.29, 1.82) is 0 Å². The molecule has 5 nitrogen and oxygen atoms in total. The zero-order valence-electron chi connectivity index (χ0n) is 17.2. The average Bonchev–Trinajstić information content (AvgIpc) is 2.70. The number of methoxy groups -OCH3 is 2. The largest absolute Gasteiger partial charge is 0.493 e. The fourth-order valence-corrected chi connectivity index (χ4v) is 3.89. The minimum absolute atomic E-state index is 0.00731. The smallest absolute Gasteiger partial charge is 0.228 e. The number of piperidine rings is 1. The third-order valence-corrected chi connectivity index (χ3v) is 5.46. The standard InChI is InChI=1S/C23H30N2O3/c1-16-7-5-8-17(2)22(16)24-23(26)19-9-6-12-25(15-19)14-18-10-11-20(27-3)21(13-18)28-4/h5,7-8,10-11,13,19H,6,9,12,14-15H2,1-4H3,(H,24,26)/t19-/m0/s1. The van der Waals surface area contributed by atoms with Gasteiger partial charge < -0.3 is 14.8 Å². The molecule has 5 heteroatoms. The predicted molar refractivity (Wildman–Crippen MR) is 112 cm³/mol. The molecule has 150 valence electrons. The average molecular weight is 383 g/mol. The summed E-state index contributed by atoms with van der Waals surface area (Å²) in [6.07, 6.45) is 1.96. The zero-order valence-corrected chi connectivity index (χ0v) is 17.2. The Morgan fingerprint density at radius 1 is 1.11 bits per heavy atom. The molecular weight excluding hydrogens is 352 g/mol. The van der Waals surface area contributed by atoms with Crippen LogP contribution in [0.1, 0.15) is 29.5 Å². The number of amides is 1. The maximum absolute atomic E-state index is 12.9. The third kappa shape index (κ3) is 4.65. The predicted octanol–water partition coefficient (Wildman–Crippen LogP) is 4.17. The van der Waals surface area contributed by atoms with Crippen LogP contribution in [0.15, 0.2) is 36.4 Å². The molecule has 1 saturated heterocycles. The van der Waals surface area contributed by atoms with E-state index in [-0.39, 0.29) is 11.8 Å². The third-order valence-electron chi connectivity index (χ3n) is 5.46. The summed E-state index contributed by atoms with van der Waals surface area (Å²) in [6, 6.07) is 12.1. The van der Waals surface area contributed by atoms with Gasteiger partial charge in [-0.2, -0.15) is 0 Å². The highest BCUT2D eigenvalue weighted by Crippen LogP contribution is 2.29. The summed E-state index contributed by atoms with van der Waals surface area (Å²) in [4.78, 5) is 15.2. The van der Waals surface area contributed by atoms with Gasteiger partial charge in [0.2, 0.25) is 5.91 Å². The monoisotopic (exact) mass is 382 g/mol. The number of anilines is 1. The van der Waals surface area contributed by atoms with Crippen LogP contribution in [0.2, 0.25) is 0 Å². The molecule has 0 aliphatic carbocycles. The Hall–Kier alpha value is -2.53. The van der Waals surface area contributed by atoms with Gasteiger partial charge in [0.05, 0.1) is 20.1 Å². The van der Waals surface area contributed by atoms with Crippen molar-refractivity contribution in [2.45, 2.75) is 33.2 Å². The zero-order chi connectivity index (χ0) is 20.1. The van der Waals surface area contributed by atoms with Crippen molar-refractivity contribution in [2.75, 3.05) is 32.6 Å². The highest BCUT2D eigenvalue weighted by molar-refractivity contribution is 5.94. The summed E-state index contributed by atoms with van der Waals surface area (Å²) in [5.41, 5.74) is 4.32. The molecule has 1 atom stereocenters. The first kappa shape index (κ1) is 20.2. The van der Waals surface area contributed by atoms with Crippen molar-refractivity contribution in [3.63, 3.8) is 0 Å². The summed E-state index contributed by atoms with van der Waals surface area (Å²) in [5.74, 6) is 1.60. The first-order valence-corrected chi connectivity index (χ1v) is 9.82. The molecule has 2 aromatic carbocycles. The minimum Gasteiger partial charge on any atom is -0.493 e. The van der Waals surface area contributed by atoms with Gasteiger partial charge in [0.15, 0.2) is 11.5 Å². The second-order valence-corrected chi connectivity index (χ2v) is 7.52. The van der Waals surface area contributed by atoms with Crippen LogP contribution in [-0.4, -0.2) is 38.1 Å². The van der Waals surface area contributed by atoms with Gasteiger partial charge in [0.25, 0.3) is 0 Å². The van der Waals surface area contributed by atoms with E-state index in [1.807, 2.05) is 44.2 Å². The van der Waals surface area contributed by atoms with Crippen LogP contribution in [0.3, 0.4) is 0 Å². The molecule has 1 fully saturated rings. The Kier molecular flexibility index (Phi) is 6.57. The molecule has 0 bridgehead atoms. The highest BCUT2D eigenvalue weighted by Gasteiger charge is 2.26. The molecule has 1 aliphatic rings. The molecule has 1 heterocycles. The molecule has 1 aliphatic heterocycles. The van der Waals surface area contributed by atoms with Crippen molar-refractivity contribution >= 4 is 11.6 Å². The minimum atomic E-state index is 0.00731. The number of rotatable bonds is 6. The maximum Gasteiger partial charge on any atom is 0.228 e. The second-order valence-electron chi connectivity index (χ2n) is 7.52. The first-order valence-electron chi connectivity index (χ1n) is 9.82. The van der Waals surface area contributed by atoms with Crippen molar-refractivity contribution in [1.82, 2.24) is 4.90 Å². The number of carbonyl (C=O) groups is 1. The summed E-state index contributed by atoms with van der Waals surface area (Å²) in [5, 5.41) is 3.16. The number of nitrogens with zero attached hydrogens (tertiary/aromatic N) is 1. The molecule has 0 aromatic heterocycles. The van der Waals surface area contributed by atoms with E-state index < -0.39 is 0 Å². The number of hydrogen-bond acceptors (Lipinski definition) is 4. The van der Waals surface area contributed by atoms with Crippen LogP contribution in [0.25, 0.3) is 0 Å². The first-order chi connectivity index (χ1) is 13.5. The lowest BCUT2D eigenvalue weighted by molar-refractivity contribution is -0.121. The van der Waals surface area contributed by atoms with E-state index in [0.717, 1.165) is 66.4 Å². The number of ether oxygens (including phenoxy) is 2. The van der Waals surface area contributed by atoms with Crippen molar-refractivity contribution < 1.29 is 14.3 Å². The van der Waals surface area contributed by atoms with Crippen LogP contribution in [0.4, 0.5) is 5.69 Å². The Morgan fingerprint density at radius 2 is 1.82 bits per heavy atom. The quantitative estimate of drug-likeness (QED) is 0.815. The second kappa shape index (κ2) is 9.11. The maximum atomic E-state index is 12.9. The molecule has 0 spiro atoms. The van der Waals surface area contributed by atoms with Crippen molar-refractivity contribution in [2.24, 2.45) is 5.92 Å². The number of likely N-dealkylation sites (tertiary alicyclic amines) is 1. The molecule has 28 heavy (non-hydrogen) atoms. The molecule has 0 saturated carbocycles. The summed E-state index contributed by atoms with van der Waals surface area (Å²) >= 11 is 0. The van der Waals surface area contributed by atoms with Crippen LogP contribution < -0.4 is 14.8 Å². The van der Waals surface area contributed by atoms with Gasteiger partial charge >= 0.3 is 0 Å². The van der Waals surface area contributed by atoms with E-state index >= 15 is 0 Å². The van der Waals surface area contributed by atoms with E-state index in [1.165, 1.54) is 0 Å². The molecular formula is C23H30N2O3. The van der Waals surface area contributed by atoms with Crippen LogP contribution >= 0.6 is 0 Å². The normalized spacial score (nSPS) is 17.2. The van der Waals surface area contributed by atoms with Gasteiger partial charge in [0.1, 0.15) is 0 Å². The SMILES string of the molecule is COc1ccc(CN2CCC[C@H](C(=O)Nc3c(C)cccc3C)C2)cc1OC. The molecule has 3 rings (SSSR count). The van der Waals surface area contributed by atoms with Crippen LogP contribution in [-0.2, 0) is 11.3 Å². The topological polar surface area (TPSA) is 50.8 Å². The van der Waals surface area contributed by atoms with Gasteiger partial charge in [-0.05, 0) is 62.1 Å². The van der Waals surface area contributed by atoms with Gasteiger partial charge in [0, 0.05) is 18.8 Å². The Morgan fingerprint density at radius 3 is 2.50 bits per heavy atom. The number of nitrogens with one attached hydrogen (secondary N) is 1. The Labute approximate surface area is 167 Å². The lowest BCUT2D eigenvalue weighted by Crippen LogP contribution is -2.40. The van der Waals surface area contributed by atoms with Crippen LogP contribution in [0, 0.1) is 19.8 Å². The Balaban J connectivity index is 1.64. The lowest BCUT2D eigenvalue weighted by Gasteiger charge is -2.32. The molecule has 1 N–H and O–H groups in total. The van der Waals surface area contributed by atoms with E-state index in [0.29, 0.717) is 0 Å². The van der Waals surface area contributed by atoms with Gasteiger partial charge in [-0.3, -0.25) is 9.69 Å². The number of benzene rings is 2. The lowest BCUT2D eigenvalue weighted by atomic mass is 9.96. The molecule has 0 unspecified atom stereocenters. The van der Waals surface area contributed by atoms with E-state index in [1.54, 1.807) is 14.2 Å². The van der Waals surface area contributed by atoms with E-state index in [4.69, 9.17) is 9.47 Å². The van der Waals surface area contributed by atoms with Gasteiger partial charge in [-0.15, -0.1) is 0 Å². The van der Waals surface area contributed by atoms with Gasteiger partial charge in [-0.25, -0.2) is 0 Å². The Bertz CT molecular complexity index is 814. The number of para-hydroxylation sites is 1. The highest BCUT2D eigenvalue weighted by atomic mass is 16.5. The van der Waals surface area contributed by atoms with E-state index in [2.05, 4.69) is 16.3 Å². The summed E-state index contributed by atoms with van der Waals surface area (Å²) in [7, 11) is 3.29. The number of hydrogen-bond donors (Lipinski definition) is 1. The molecule has 0 radical (unpaired) electrons.